The molecule has 0 atom stereocenters. The van der Waals surface area contributed by atoms with Gasteiger partial charge in [0.05, 0.1) is 5.56 Å². The summed E-state index contributed by atoms with van der Waals surface area (Å²) in [5, 5.41) is 0. The molecule has 0 unspecified atom stereocenters. The van der Waals surface area contributed by atoms with Crippen LogP contribution in [0.2, 0.25) is 0 Å². The van der Waals surface area contributed by atoms with E-state index in [-0.39, 0.29) is 25.4 Å². The summed E-state index contributed by atoms with van der Waals surface area (Å²) in [6.07, 6.45) is 4.09. The lowest BCUT2D eigenvalue weighted by Gasteiger charge is -2.20. The molecule has 0 fully saturated rings. The van der Waals surface area contributed by atoms with E-state index >= 15 is 0 Å². The van der Waals surface area contributed by atoms with E-state index in [4.69, 9.17) is 14.2 Å². The minimum absolute atomic E-state index is 0.120. The monoisotopic (exact) mass is 522 g/mol. The first kappa shape index (κ1) is 27.6. The van der Waals surface area contributed by atoms with Crippen molar-refractivity contribution in [1.82, 2.24) is 0 Å². The maximum absolute atomic E-state index is 13.6. The average Bonchev–Trinajstić information content (AvgIpc) is 2.99. The molecule has 0 saturated carbocycles. The highest BCUT2D eigenvalue weighted by Gasteiger charge is 2.26. The van der Waals surface area contributed by atoms with Crippen LogP contribution in [0.1, 0.15) is 69.2 Å². The molecule has 200 valence electrons. The van der Waals surface area contributed by atoms with Gasteiger partial charge in [-0.25, -0.2) is 4.79 Å². The second-order valence-corrected chi connectivity index (χ2v) is 9.33. The Bertz CT molecular complexity index is 1330. The van der Waals surface area contributed by atoms with Crippen molar-refractivity contribution in [3.05, 3.63) is 130 Å². The van der Waals surface area contributed by atoms with Crippen LogP contribution in [0.25, 0.3) is 0 Å². The molecule has 0 N–H and O–H groups in total. The molecule has 0 aromatic heterocycles. The lowest BCUT2D eigenvalue weighted by atomic mass is 9.94. The van der Waals surface area contributed by atoms with Crippen LogP contribution >= 0.6 is 0 Å². The summed E-state index contributed by atoms with van der Waals surface area (Å²) in [5.74, 6) is 0.214. The lowest BCUT2D eigenvalue weighted by molar-refractivity contribution is 0.0466. The summed E-state index contributed by atoms with van der Waals surface area (Å²) < 4.78 is 18.1. The zero-order chi connectivity index (χ0) is 27.3. The van der Waals surface area contributed by atoms with Crippen LogP contribution in [-0.2, 0) is 31.0 Å². The Hall–Kier alpha value is -4.38. The number of carbonyl (C=O) groups is 2. The number of hydrogen-bond donors (Lipinski definition) is 0. The van der Waals surface area contributed by atoms with Crippen LogP contribution < -0.4 is 9.47 Å². The molecule has 0 amide bonds. The third-order valence-electron chi connectivity index (χ3n) is 6.44. The Labute approximate surface area is 230 Å². The summed E-state index contributed by atoms with van der Waals surface area (Å²) in [6, 6.07) is 30.7. The van der Waals surface area contributed by atoms with Gasteiger partial charge in [0.25, 0.3) is 0 Å². The highest BCUT2D eigenvalue weighted by molar-refractivity contribution is 5.98. The van der Waals surface area contributed by atoms with Gasteiger partial charge in [-0.05, 0) is 35.1 Å². The van der Waals surface area contributed by atoms with E-state index in [0.29, 0.717) is 29.0 Å². The van der Waals surface area contributed by atoms with Crippen LogP contribution in [-0.4, -0.2) is 12.3 Å². The van der Waals surface area contributed by atoms with Crippen LogP contribution in [0.4, 0.5) is 0 Å². The summed E-state index contributed by atoms with van der Waals surface area (Å²) in [6.45, 7) is 2.77. The van der Waals surface area contributed by atoms with Gasteiger partial charge < -0.3 is 14.2 Å². The van der Waals surface area contributed by atoms with Crippen molar-refractivity contribution in [3.8, 4) is 11.5 Å². The van der Waals surface area contributed by atoms with E-state index in [1.807, 2.05) is 91.0 Å². The molecule has 0 heterocycles. The molecule has 4 aromatic rings. The molecule has 0 radical (unpaired) electrons. The van der Waals surface area contributed by atoms with Gasteiger partial charge in [0.2, 0.25) is 0 Å². The number of rotatable bonds is 14. The minimum atomic E-state index is -0.522. The first-order valence-electron chi connectivity index (χ1n) is 13.4. The molecule has 5 heteroatoms. The second-order valence-electron chi connectivity index (χ2n) is 9.33. The number of hydrogen-bond acceptors (Lipinski definition) is 5. The second kappa shape index (κ2) is 14.5. The van der Waals surface area contributed by atoms with Gasteiger partial charge in [0, 0.05) is 6.07 Å². The van der Waals surface area contributed by atoms with Crippen LogP contribution in [0.3, 0.4) is 0 Å². The first-order valence-corrected chi connectivity index (χ1v) is 13.4. The first-order chi connectivity index (χ1) is 19.2. The van der Waals surface area contributed by atoms with Crippen LogP contribution in [0.5, 0.6) is 11.5 Å². The van der Waals surface area contributed by atoms with Crippen molar-refractivity contribution in [1.29, 1.82) is 0 Å². The maximum Gasteiger partial charge on any atom is 0.342 e. The Morgan fingerprint density at radius 1 is 0.692 bits per heavy atom. The Kier molecular flexibility index (Phi) is 10.3. The zero-order valence-electron chi connectivity index (χ0n) is 22.3. The van der Waals surface area contributed by atoms with Gasteiger partial charge in [0.1, 0.15) is 36.9 Å². The molecule has 0 bridgehead atoms. The molecule has 0 aliphatic carbocycles. The SMILES string of the molecule is CCCCCc1c(C=O)c(OCc2ccccc2)cc(OCc2ccccc2)c1C(=O)OCc1ccccc1. The summed E-state index contributed by atoms with van der Waals surface area (Å²) >= 11 is 0. The molecular weight excluding hydrogens is 488 g/mol. The molecular formula is C34H34O5. The van der Waals surface area contributed by atoms with Crippen molar-refractivity contribution in [3.63, 3.8) is 0 Å². The van der Waals surface area contributed by atoms with Gasteiger partial charge in [-0.3, -0.25) is 4.79 Å². The Morgan fingerprint density at radius 2 is 1.21 bits per heavy atom. The molecule has 0 saturated heterocycles. The number of aldehydes is 1. The van der Waals surface area contributed by atoms with E-state index < -0.39 is 5.97 Å². The van der Waals surface area contributed by atoms with Gasteiger partial charge in [-0.2, -0.15) is 0 Å². The van der Waals surface area contributed by atoms with E-state index in [9.17, 15) is 9.59 Å². The summed E-state index contributed by atoms with van der Waals surface area (Å²) in [4.78, 5) is 26.1. The van der Waals surface area contributed by atoms with Crippen molar-refractivity contribution in [2.45, 2.75) is 52.4 Å². The molecule has 0 spiro atoms. The number of ether oxygens (including phenoxy) is 3. The van der Waals surface area contributed by atoms with E-state index in [2.05, 4.69) is 6.92 Å². The summed E-state index contributed by atoms with van der Waals surface area (Å²) in [5.41, 5.74) is 4.06. The zero-order valence-corrected chi connectivity index (χ0v) is 22.3. The predicted molar refractivity (Wildman–Crippen MR) is 152 cm³/mol. The maximum atomic E-state index is 13.6. The predicted octanol–water partition coefficient (Wildman–Crippen LogP) is 7.75. The van der Waals surface area contributed by atoms with Gasteiger partial charge in [-0.15, -0.1) is 0 Å². The molecule has 5 nitrogen and oxygen atoms in total. The standard InChI is InChI=1S/C34H34O5/c1-2-3-7-20-29-30(22-35)31(37-23-26-14-8-4-9-15-26)21-32(38-24-27-16-10-5-11-17-27)33(29)34(36)39-25-28-18-12-6-13-19-28/h4-6,8-19,21-22H,2-3,7,20,23-25H2,1H3. The minimum Gasteiger partial charge on any atom is -0.488 e. The number of esters is 1. The van der Waals surface area contributed by atoms with Crippen molar-refractivity contribution in [2.24, 2.45) is 0 Å². The molecule has 0 aliphatic rings. The van der Waals surface area contributed by atoms with Crippen molar-refractivity contribution in [2.75, 3.05) is 0 Å². The molecule has 39 heavy (non-hydrogen) atoms. The number of benzene rings is 4. The summed E-state index contributed by atoms with van der Waals surface area (Å²) in [7, 11) is 0. The smallest absolute Gasteiger partial charge is 0.342 e. The fourth-order valence-corrected chi connectivity index (χ4v) is 4.36. The Morgan fingerprint density at radius 3 is 1.72 bits per heavy atom. The van der Waals surface area contributed by atoms with Gasteiger partial charge in [0.15, 0.2) is 6.29 Å². The van der Waals surface area contributed by atoms with E-state index in [1.54, 1.807) is 6.07 Å². The van der Waals surface area contributed by atoms with Crippen LogP contribution in [0.15, 0.2) is 97.1 Å². The highest BCUT2D eigenvalue weighted by atomic mass is 16.5. The number of carbonyl (C=O) groups excluding carboxylic acids is 2. The van der Waals surface area contributed by atoms with Crippen LogP contribution in [0, 0.1) is 0 Å². The average molecular weight is 523 g/mol. The quantitative estimate of drug-likeness (QED) is 0.0963. The fraction of sp³-hybridized carbons (Fsp3) is 0.235. The third-order valence-corrected chi connectivity index (χ3v) is 6.44. The van der Waals surface area contributed by atoms with E-state index in [0.717, 1.165) is 42.2 Å². The number of unbranched alkanes of at least 4 members (excludes halogenated alkanes) is 2. The molecule has 4 rings (SSSR count). The topological polar surface area (TPSA) is 61.8 Å². The Balaban J connectivity index is 1.73. The normalized spacial score (nSPS) is 10.6. The molecule has 0 aliphatic heterocycles. The van der Waals surface area contributed by atoms with E-state index in [1.165, 1.54) is 0 Å². The lowest BCUT2D eigenvalue weighted by Crippen LogP contribution is -2.15. The largest absolute Gasteiger partial charge is 0.488 e. The van der Waals surface area contributed by atoms with Crippen molar-refractivity contribution < 1.29 is 23.8 Å². The fourth-order valence-electron chi connectivity index (χ4n) is 4.36. The van der Waals surface area contributed by atoms with Gasteiger partial charge >= 0.3 is 5.97 Å². The highest BCUT2D eigenvalue weighted by Crippen LogP contribution is 2.36. The molecule has 4 aromatic carbocycles. The van der Waals surface area contributed by atoms with Gasteiger partial charge in [-0.1, -0.05) is 111 Å². The van der Waals surface area contributed by atoms with Crippen molar-refractivity contribution >= 4 is 12.3 Å². The third kappa shape index (κ3) is 7.81.